The second kappa shape index (κ2) is 4.11. The molecule has 0 spiro atoms. The second-order valence-corrected chi connectivity index (χ2v) is 4.71. The molecule has 1 saturated heterocycles. The number of likely N-dealkylation sites (tertiary alicyclic amines) is 1. The van der Waals surface area contributed by atoms with Gasteiger partial charge >= 0.3 is 0 Å². The molecule has 1 aliphatic rings. The number of nitrogens with zero attached hydrogens (tertiary/aromatic N) is 2. The monoisotopic (exact) mass is 224 g/mol. The SMILES string of the molecule is CC1CC(O)(c2cncc(F)c2)CCN1C. The van der Waals surface area contributed by atoms with Gasteiger partial charge in [0.15, 0.2) is 0 Å². The lowest BCUT2D eigenvalue weighted by Crippen LogP contribution is -2.46. The molecule has 1 aliphatic heterocycles. The molecule has 1 fully saturated rings. The van der Waals surface area contributed by atoms with Gasteiger partial charge in [-0.1, -0.05) is 0 Å². The van der Waals surface area contributed by atoms with Crippen LogP contribution in [0.3, 0.4) is 0 Å². The molecule has 4 heteroatoms. The van der Waals surface area contributed by atoms with E-state index in [1.54, 1.807) is 6.20 Å². The number of rotatable bonds is 1. The molecule has 2 unspecified atom stereocenters. The molecule has 16 heavy (non-hydrogen) atoms. The molecule has 3 nitrogen and oxygen atoms in total. The molecule has 88 valence electrons. The number of pyridine rings is 1. The molecule has 2 rings (SSSR count). The van der Waals surface area contributed by atoms with E-state index in [2.05, 4.69) is 16.8 Å². The Hall–Kier alpha value is -1.00. The third-order valence-corrected chi connectivity index (χ3v) is 3.51. The van der Waals surface area contributed by atoms with E-state index >= 15 is 0 Å². The van der Waals surface area contributed by atoms with Crippen LogP contribution in [0, 0.1) is 5.82 Å². The van der Waals surface area contributed by atoms with E-state index in [0.717, 1.165) is 12.7 Å². The fourth-order valence-corrected chi connectivity index (χ4v) is 2.26. The highest BCUT2D eigenvalue weighted by Crippen LogP contribution is 2.34. The van der Waals surface area contributed by atoms with E-state index in [1.807, 2.05) is 7.05 Å². The predicted molar refractivity (Wildman–Crippen MR) is 59.4 cm³/mol. The lowest BCUT2D eigenvalue weighted by molar-refractivity contribution is -0.0412. The van der Waals surface area contributed by atoms with E-state index in [1.165, 1.54) is 6.07 Å². The van der Waals surface area contributed by atoms with Gasteiger partial charge < -0.3 is 10.0 Å². The van der Waals surface area contributed by atoms with Crippen LogP contribution in [0.25, 0.3) is 0 Å². The van der Waals surface area contributed by atoms with Crippen molar-refractivity contribution in [1.82, 2.24) is 9.88 Å². The molecular formula is C12H17FN2O. The van der Waals surface area contributed by atoms with Crippen LogP contribution in [-0.4, -0.2) is 34.6 Å². The van der Waals surface area contributed by atoms with Crippen LogP contribution in [0.1, 0.15) is 25.3 Å². The van der Waals surface area contributed by atoms with Gasteiger partial charge in [0.05, 0.1) is 11.8 Å². The molecule has 0 radical (unpaired) electrons. The van der Waals surface area contributed by atoms with Crippen molar-refractivity contribution in [2.45, 2.75) is 31.4 Å². The van der Waals surface area contributed by atoms with E-state index in [9.17, 15) is 9.50 Å². The van der Waals surface area contributed by atoms with E-state index in [4.69, 9.17) is 0 Å². The minimum atomic E-state index is -0.930. The predicted octanol–water partition coefficient (Wildman–Crippen LogP) is 1.52. The summed E-state index contributed by atoms with van der Waals surface area (Å²) in [6.45, 7) is 2.88. The second-order valence-electron chi connectivity index (χ2n) is 4.71. The first-order chi connectivity index (χ1) is 7.51. The summed E-state index contributed by atoms with van der Waals surface area (Å²) < 4.78 is 13.1. The quantitative estimate of drug-likeness (QED) is 0.785. The Kier molecular flexibility index (Phi) is 2.95. The molecule has 1 aromatic rings. The highest BCUT2D eigenvalue weighted by atomic mass is 19.1. The number of hydrogen-bond donors (Lipinski definition) is 1. The molecule has 2 heterocycles. The van der Waals surface area contributed by atoms with Crippen molar-refractivity contribution in [3.05, 3.63) is 29.8 Å². The molecule has 2 atom stereocenters. The Labute approximate surface area is 94.9 Å². The Morgan fingerprint density at radius 2 is 2.31 bits per heavy atom. The molecule has 1 N–H and O–H groups in total. The third-order valence-electron chi connectivity index (χ3n) is 3.51. The number of halogens is 1. The number of aliphatic hydroxyl groups is 1. The van der Waals surface area contributed by atoms with Gasteiger partial charge in [-0.15, -0.1) is 0 Å². The van der Waals surface area contributed by atoms with Gasteiger partial charge in [-0.05, 0) is 32.9 Å². The van der Waals surface area contributed by atoms with Gasteiger partial charge in [0, 0.05) is 24.3 Å². The molecule has 0 saturated carbocycles. The van der Waals surface area contributed by atoms with Gasteiger partial charge in [-0.25, -0.2) is 4.39 Å². The van der Waals surface area contributed by atoms with Crippen LogP contribution < -0.4 is 0 Å². The van der Waals surface area contributed by atoms with Crippen molar-refractivity contribution in [2.75, 3.05) is 13.6 Å². The van der Waals surface area contributed by atoms with Crippen LogP contribution in [0.15, 0.2) is 18.5 Å². The average Bonchev–Trinajstić information content (AvgIpc) is 2.24. The van der Waals surface area contributed by atoms with Crippen molar-refractivity contribution >= 4 is 0 Å². The van der Waals surface area contributed by atoms with Crippen molar-refractivity contribution in [2.24, 2.45) is 0 Å². The Morgan fingerprint density at radius 1 is 1.56 bits per heavy atom. The summed E-state index contributed by atoms with van der Waals surface area (Å²) in [6, 6.07) is 1.67. The zero-order chi connectivity index (χ0) is 11.8. The summed E-state index contributed by atoms with van der Waals surface area (Å²) in [7, 11) is 2.04. The van der Waals surface area contributed by atoms with Gasteiger partial charge in [-0.3, -0.25) is 4.98 Å². The molecule has 0 aliphatic carbocycles. The average molecular weight is 224 g/mol. The van der Waals surface area contributed by atoms with Crippen molar-refractivity contribution in [3.63, 3.8) is 0 Å². The molecule has 0 amide bonds. The van der Waals surface area contributed by atoms with Gasteiger partial charge in [0.2, 0.25) is 0 Å². The number of piperidine rings is 1. The lowest BCUT2D eigenvalue weighted by atomic mass is 9.82. The van der Waals surface area contributed by atoms with E-state index in [0.29, 0.717) is 24.4 Å². The highest BCUT2D eigenvalue weighted by Gasteiger charge is 2.36. The standard InChI is InChI=1S/C12H17FN2O/c1-9-6-12(16,3-4-15(9)2)10-5-11(13)8-14-7-10/h5,7-9,16H,3-4,6H2,1-2H3. The maximum Gasteiger partial charge on any atom is 0.141 e. The molecule has 0 aromatic carbocycles. The normalized spacial score (nSPS) is 31.6. The van der Waals surface area contributed by atoms with Crippen LogP contribution in [0.4, 0.5) is 4.39 Å². The smallest absolute Gasteiger partial charge is 0.141 e. The minimum absolute atomic E-state index is 0.294. The zero-order valence-electron chi connectivity index (χ0n) is 9.65. The summed E-state index contributed by atoms with van der Waals surface area (Å²) in [4.78, 5) is 6.00. The summed E-state index contributed by atoms with van der Waals surface area (Å²) in [6.07, 6.45) is 3.96. The minimum Gasteiger partial charge on any atom is -0.385 e. The zero-order valence-corrected chi connectivity index (χ0v) is 9.65. The highest BCUT2D eigenvalue weighted by molar-refractivity contribution is 5.20. The van der Waals surface area contributed by atoms with Crippen LogP contribution >= 0.6 is 0 Å². The van der Waals surface area contributed by atoms with Crippen molar-refractivity contribution < 1.29 is 9.50 Å². The van der Waals surface area contributed by atoms with Gasteiger partial charge in [-0.2, -0.15) is 0 Å². The molecule has 0 bridgehead atoms. The first-order valence-electron chi connectivity index (χ1n) is 5.55. The topological polar surface area (TPSA) is 36.4 Å². The summed E-state index contributed by atoms with van der Waals surface area (Å²) in [5, 5.41) is 10.5. The van der Waals surface area contributed by atoms with E-state index < -0.39 is 11.4 Å². The summed E-state index contributed by atoms with van der Waals surface area (Å²) in [5.74, 6) is -0.391. The van der Waals surface area contributed by atoms with Crippen LogP contribution in [0.2, 0.25) is 0 Å². The maximum atomic E-state index is 13.1. The third kappa shape index (κ3) is 2.08. The Morgan fingerprint density at radius 3 is 2.94 bits per heavy atom. The van der Waals surface area contributed by atoms with Crippen LogP contribution in [-0.2, 0) is 5.60 Å². The van der Waals surface area contributed by atoms with Gasteiger partial charge in [0.25, 0.3) is 0 Å². The number of hydrogen-bond acceptors (Lipinski definition) is 3. The molecule has 1 aromatic heterocycles. The fourth-order valence-electron chi connectivity index (χ4n) is 2.26. The number of aromatic nitrogens is 1. The Bertz CT molecular complexity index is 385. The first-order valence-corrected chi connectivity index (χ1v) is 5.55. The lowest BCUT2D eigenvalue weighted by Gasteiger charge is -2.41. The molecular weight excluding hydrogens is 207 g/mol. The summed E-state index contributed by atoms with van der Waals surface area (Å²) >= 11 is 0. The van der Waals surface area contributed by atoms with Crippen LogP contribution in [0.5, 0.6) is 0 Å². The van der Waals surface area contributed by atoms with Crippen molar-refractivity contribution in [3.8, 4) is 0 Å². The Balaban J connectivity index is 2.26. The maximum absolute atomic E-state index is 13.1. The van der Waals surface area contributed by atoms with E-state index in [-0.39, 0.29) is 0 Å². The largest absolute Gasteiger partial charge is 0.385 e. The fraction of sp³-hybridized carbons (Fsp3) is 0.583. The van der Waals surface area contributed by atoms with Crippen molar-refractivity contribution in [1.29, 1.82) is 0 Å². The first kappa shape index (κ1) is 11.5. The summed E-state index contributed by atoms with van der Waals surface area (Å²) in [5.41, 5.74) is -0.339. The van der Waals surface area contributed by atoms with Gasteiger partial charge in [0.1, 0.15) is 5.82 Å².